The highest BCUT2D eigenvalue weighted by atomic mass is 32.2. The molecule has 1 aromatic carbocycles. The second-order valence-corrected chi connectivity index (χ2v) is 12.9. The zero-order valence-electron chi connectivity index (χ0n) is 21.1. The Morgan fingerprint density at radius 1 is 1.22 bits per heavy atom. The lowest BCUT2D eigenvalue weighted by molar-refractivity contribution is 0.585. The Balaban J connectivity index is 1.73. The van der Waals surface area contributed by atoms with Gasteiger partial charge in [0.05, 0.1) is 32.7 Å². The molecule has 1 fully saturated rings. The van der Waals surface area contributed by atoms with Crippen molar-refractivity contribution in [2.45, 2.75) is 46.0 Å². The van der Waals surface area contributed by atoms with Crippen LogP contribution in [-0.2, 0) is 15.4 Å². The minimum Gasteiger partial charge on any atom is -0.354 e. The lowest BCUT2D eigenvalue weighted by atomic mass is 9.98. The van der Waals surface area contributed by atoms with Crippen molar-refractivity contribution >= 4 is 33.0 Å². The van der Waals surface area contributed by atoms with Gasteiger partial charge in [-0.1, -0.05) is 33.8 Å². The lowest BCUT2D eigenvalue weighted by Gasteiger charge is -2.13. The number of nitrogens with one attached hydrogen (secondary N) is 3. The van der Waals surface area contributed by atoms with Gasteiger partial charge in [0.1, 0.15) is 0 Å². The van der Waals surface area contributed by atoms with Gasteiger partial charge in [0.25, 0.3) is 0 Å². The van der Waals surface area contributed by atoms with E-state index in [0.29, 0.717) is 34.6 Å². The first-order valence-corrected chi connectivity index (χ1v) is 14.6. The fourth-order valence-corrected chi connectivity index (χ4v) is 6.21. The maximum Gasteiger partial charge on any atom is 0.232 e. The third kappa shape index (κ3) is 6.19. The summed E-state index contributed by atoms with van der Waals surface area (Å²) in [6.07, 6.45) is 3.23. The van der Waals surface area contributed by atoms with Crippen molar-refractivity contribution < 1.29 is 12.8 Å². The molecule has 1 atom stereocenters. The van der Waals surface area contributed by atoms with Gasteiger partial charge in [0, 0.05) is 23.7 Å². The van der Waals surface area contributed by atoms with Gasteiger partial charge in [0.15, 0.2) is 5.82 Å². The summed E-state index contributed by atoms with van der Waals surface area (Å²) in [4.78, 5) is 14.6. The van der Waals surface area contributed by atoms with E-state index in [-0.39, 0.29) is 22.4 Å². The smallest absolute Gasteiger partial charge is 0.232 e. The minimum atomic E-state index is -3.65. The summed E-state index contributed by atoms with van der Waals surface area (Å²) in [5.74, 6) is 0.292. The van der Waals surface area contributed by atoms with Crippen LogP contribution in [0.25, 0.3) is 21.8 Å². The standard InChI is InChI=1S/C25H33FN6O2S2/c1-5-13-36(33,34)32-18-8-6-7-17(20(18)26)21-22(35-23(31-21)25(2,3)4)19-10-12-28-24(30-19)29-15-16-9-11-27-14-16/h6-8,10,12,16,27,32H,5,9,11,13-15H2,1-4H3,(H,28,29,30)/t16-/m0/s1. The molecule has 0 saturated carbocycles. The zero-order valence-corrected chi connectivity index (χ0v) is 22.7. The molecule has 0 spiro atoms. The average molecular weight is 533 g/mol. The predicted molar refractivity (Wildman–Crippen MR) is 144 cm³/mol. The van der Waals surface area contributed by atoms with Crippen molar-refractivity contribution in [2.75, 3.05) is 35.4 Å². The van der Waals surface area contributed by atoms with Crippen LogP contribution in [0, 0.1) is 11.7 Å². The van der Waals surface area contributed by atoms with E-state index in [1.54, 1.807) is 31.3 Å². The molecule has 0 aliphatic carbocycles. The Morgan fingerprint density at radius 3 is 2.72 bits per heavy atom. The van der Waals surface area contributed by atoms with Crippen LogP contribution >= 0.6 is 11.3 Å². The van der Waals surface area contributed by atoms with Crippen molar-refractivity contribution in [2.24, 2.45) is 5.92 Å². The number of sulfonamides is 1. The number of aromatic nitrogens is 3. The first kappa shape index (κ1) is 26.4. The number of anilines is 2. The summed E-state index contributed by atoms with van der Waals surface area (Å²) in [5.41, 5.74) is 0.934. The number of benzene rings is 1. The van der Waals surface area contributed by atoms with Gasteiger partial charge in [0.2, 0.25) is 16.0 Å². The van der Waals surface area contributed by atoms with Gasteiger partial charge in [-0.3, -0.25) is 4.72 Å². The summed E-state index contributed by atoms with van der Waals surface area (Å²) >= 11 is 1.46. The third-order valence-corrected chi connectivity index (χ3v) is 8.84. The summed E-state index contributed by atoms with van der Waals surface area (Å²) in [5, 5.41) is 7.50. The molecule has 194 valence electrons. The number of rotatable bonds is 9. The van der Waals surface area contributed by atoms with Crippen molar-refractivity contribution in [3.8, 4) is 21.8 Å². The molecule has 3 heterocycles. The number of thiazole rings is 1. The second kappa shape index (κ2) is 10.8. The highest BCUT2D eigenvalue weighted by molar-refractivity contribution is 7.92. The molecule has 8 nitrogen and oxygen atoms in total. The van der Waals surface area contributed by atoms with Crippen LogP contribution in [0.4, 0.5) is 16.0 Å². The van der Waals surface area contributed by atoms with Crippen LogP contribution < -0.4 is 15.4 Å². The second-order valence-electron chi connectivity index (χ2n) is 10.0. The number of nitrogens with zero attached hydrogens (tertiary/aromatic N) is 3. The minimum absolute atomic E-state index is 0.0829. The molecular weight excluding hydrogens is 499 g/mol. The molecule has 0 bridgehead atoms. The van der Waals surface area contributed by atoms with Crippen LogP contribution in [0.15, 0.2) is 30.5 Å². The maximum absolute atomic E-state index is 15.7. The molecule has 3 aromatic rings. The van der Waals surface area contributed by atoms with Crippen molar-refractivity contribution in [1.82, 2.24) is 20.3 Å². The van der Waals surface area contributed by atoms with Crippen LogP contribution in [0.5, 0.6) is 0 Å². The van der Waals surface area contributed by atoms with E-state index in [2.05, 4.69) is 20.3 Å². The van der Waals surface area contributed by atoms with E-state index in [1.807, 2.05) is 20.8 Å². The maximum atomic E-state index is 15.7. The van der Waals surface area contributed by atoms with E-state index >= 15 is 4.39 Å². The molecule has 0 unspecified atom stereocenters. The fourth-order valence-electron chi connectivity index (χ4n) is 3.97. The van der Waals surface area contributed by atoms with Crippen LogP contribution in [0.2, 0.25) is 0 Å². The molecule has 2 aromatic heterocycles. The van der Waals surface area contributed by atoms with E-state index in [4.69, 9.17) is 9.97 Å². The van der Waals surface area contributed by atoms with E-state index in [1.165, 1.54) is 17.4 Å². The summed E-state index contributed by atoms with van der Waals surface area (Å²) < 4.78 is 42.7. The Hall–Kier alpha value is -2.63. The van der Waals surface area contributed by atoms with Crippen LogP contribution in [-0.4, -0.2) is 48.8 Å². The van der Waals surface area contributed by atoms with Gasteiger partial charge >= 0.3 is 0 Å². The van der Waals surface area contributed by atoms with E-state index in [0.717, 1.165) is 31.1 Å². The topological polar surface area (TPSA) is 109 Å². The molecule has 36 heavy (non-hydrogen) atoms. The summed E-state index contributed by atoms with van der Waals surface area (Å²) in [6, 6.07) is 6.46. The molecule has 1 aliphatic heterocycles. The van der Waals surface area contributed by atoms with Crippen molar-refractivity contribution in [1.29, 1.82) is 0 Å². The van der Waals surface area contributed by atoms with Gasteiger partial charge in [-0.15, -0.1) is 11.3 Å². The third-order valence-electron chi connectivity index (χ3n) is 5.86. The van der Waals surface area contributed by atoms with Crippen LogP contribution in [0.1, 0.15) is 45.5 Å². The highest BCUT2D eigenvalue weighted by Crippen LogP contribution is 2.42. The molecule has 1 aliphatic rings. The van der Waals surface area contributed by atoms with Gasteiger partial charge in [-0.25, -0.2) is 27.8 Å². The predicted octanol–water partition coefficient (Wildman–Crippen LogP) is 4.88. The first-order valence-electron chi connectivity index (χ1n) is 12.2. The summed E-state index contributed by atoms with van der Waals surface area (Å²) in [6.45, 7) is 10.7. The molecule has 4 rings (SSSR count). The molecule has 0 radical (unpaired) electrons. The van der Waals surface area contributed by atoms with Gasteiger partial charge in [-0.2, -0.15) is 0 Å². The van der Waals surface area contributed by atoms with Crippen molar-refractivity contribution in [3.05, 3.63) is 41.3 Å². The van der Waals surface area contributed by atoms with Gasteiger partial charge < -0.3 is 10.6 Å². The van der Waals surface area contributed by atoms with Gasteiger partial charge in [-0.05, 0) is 50.0 Å². The largest absolute Gasteiger partial charge is 0.354 e. The Labute approximate surface area is 216 Å². The molecule has 0 amide bonds. The number of hydrogen-bond acceptors (Lipinski definition) is 8. The monoisotopic (exact) mass is 532 g/mol. The Bertz CT molecular complexity index is 1310. The number of hydrogen-bond donors (Lipinski definition) is 3. The number of halogens is 1. The normalized spacial score (nSPS) is 16.3. The first-order chi connectivity index (χ1) is 17.1. The van der Waals surface area contributed by atoms with Crippen molar-refractivity contribution in [3.63, 3.8) is 0 Å². The average Bonchev–Trinajstić information content (AvgIpc) is 3.49. The van der Waals surface area contributed by atoms with E-state index < -0.39 is 15.8 Å². The SMILES string of the molecule is CCCS(=O)(=O)Nc1cccc(-c2nc(C(C)(C)C)sc2-c2ccnc(NC[C@H]3CCNC3)n2)c1F. The lowest BCUT2D eigenvalue weighted by Crippen LogP contribution is -2.18. The Kier molecular flexibility index (Phi) is 7.91. The van der Waals surface area contributed by atoms with Crippen LogP contribution in [0.3, 0.4) is 0 Å². The summed E-state index contributed by atoms with van der Waals surface area (Å²) in [7, 11) is -3.65. The highest BCUT2D eigenvalue weighted by Gasteiger charge is 2.26. The zero-order chi connectivity index (χ0) is 25.9. The Morgan fingerprint density at radius 2 is 2.03 bits per heavy atom. The molecule has 3 N–H and O–H groups in total. The molecule has 11 heteroatoms. The fraction of sp³-hybridized carbons (Fsp3) is 0.480. The quantitative estimate of drug-likeness (QED) is 0.360. The molecule has 1 saturated heterocycles. The van der Waals surface area contributed by atoms with E-state index in [9.17, 15) is 8.42 Å². The molecular formula is C25H33FN6O2S2.